The molecule has 35 heavy (non-hydrogen) atoms. The van der Waals surface area contributed by atoms with Gasteiger partial charge in [-0.05, 0) is 86.2 Å². The number of halogens is 3. The summed E-state index contributed by atoms with van der Waals surface area (Å²) in [6.07, 6.45) is 1.46. The molecule has 0 aliphatic rings. The van der Waals surface area contributed by atoms with Gasteiger partial charge in [-0.3, -0.25) is 0 Å². The zero-order chi connectivity index (χ0) is 26.1. The van der Waals surface area contributed by atoms with Gasteiger partial charge in [0.05, 0.1) is 18.6 Å². The van der Waals surface area contributed by atoms with Crippen molar-refractivity contribution >= 4 is 76.7 Å². The summed E-state index contributed by atoms with van der Waals surface area (Å²) in [5, 5.41) is -0.385. The number of aryl methyl sites for hydroxylation is 2. The van der Waals surface area contributed by atoms with E-state index in [0.717, 1.165) is 15.1 Å². The highest BCUT2D eigenvalue weighted by molar-refractivity contribution is 14.1. The van der Waals surface area contributed by atoms with Crippen LogP contribution in [-0.2, 0) is 19.9 Å². The van der Waals surface area contributed by atoms with Gasteiger partial charge in [0.1, 0.15) is 11.0 Å². The van der Waals surface area contributed by atoms with Crippen LogP contribution in [0.25, 0.3) is 11.0 Å². The summed E-state index contributed by atoms with van der Waals surface area (Å²) in [6, 6.07) is 13.5. The third-order valence-electron chi connectivity index (χ3n) is 5.04. The third kappa shape index (κ3) is 5.99. The van der Waals surface area contributed by atoms with Crippen LogP contribution < -0.4 is 0 Å². The van der Waals surface area contributed by atoms with Gasteiger partial charge in [0.2, 0.25) is 5.28 Å². The maximum atomic E-state index is 12.8. The van der Waals surface area contributed by atoms with Gasteiger partial charge in [-0.2, -0.15) is 0 Å². The molecule has 0 radical (unpaired) electrons. The molecule has 186 valence electrons. The summed E-state index contributed by atoms with van der Waals surface area (Å²) < 4.78 is 50.6. The summed E-state index contributed by atoms with van der Waals surface area (Å²) in [7, 11) is -6.89. The van der Waals surface area contributed by atoms with Crippen molar-refractivity contribution in [1.82, 2.24) is 13.9 Å². The Hall–Kier alpha value is -1.73. The number of hydrogen-bond acceptors (Lipinski definition) is 6. The van der Waals surface area contributed by atoms with Gasteiger partial charge in [-0.25, -0.2) is 30.8 Å². The molecule has 0 aliphatic heterocycles. The maximum absolute atomic E-state index is 12.8. The van der Waals surface area contributed by atoms with Crippen molar-refractivity contribution < 1.29 is 16.8 Å². The van der Waals surface area contributed by atoms with Crippen LogP contribution in [0, 0.1) is 17.4 Å². The van der Waals surface area contributed by atoms with Crippen molar-refractivity contribution in [2.45, 2.75) is 42.7 Å². The Bertz CT molecular complexity index is 1580. The topological polar surface area (TPSA) is 99.0 Å². The molecular formula is C23H22Cl2IN3O4S2. The van der Waals surface area contributed by atoms with E-state index in [9.17, 15) is 16.8 Å². The Balaban J connectivity index is 0.000000225. The molecule has 0 fully saturated rings. The van der Waals surface area contributed by atoms with Crippen LogP contribution in [0.2, 0.25) is 10.4 Å². The van der Waals surface area contributed by atoms with E-state index in [4.69, 9.17) is 23.2 Å². The highest BCUT2D eigenvalue weighted by Gasteiger charge is 2.24. The largest absolute Gasteiger partial charge is 0.268 e. The minimum Gasteiger partial charge on any atom is -0.235 e. The van der Waals surface area contributed by atoms with Crippen molar-refractivity contribution in [2.24, 2.45) is 0 Å². The molecule has 12 heteroatoms. The van der Waals surface area contributed by atoms with Crippen molar-refractivity contribution in [3.8, 4) is 0 Å². The van der Waals surface area contributed by atoms with Gasteiger partial charge < -0.3 is 0 Å². The average molecular weight is 666 g/mol. The van der Waals surface area contributed by atoms with E-state index < -0.39 is 19.9 Å². The second-order valence-electron chi connectivity index (χ2n) is 7.98. The molecule has 2 heterocycles. The van der Waals surface area contributed by atoms with E-state index in [-0.39, 0.29) is 26.1 Å². The maximum Gasteiger partial charge on any atom is 0.268 e. The Morgan fingerprint density at radius 2 is 1.31 bits per heavy atom. The molecule has 4 rings (SSSR count). The molecular weight excluding hydrogens is 644 g/mol. The quantitative estimate of drug-likeness (QED) is 0.149. The van der Waals surface area contributed by atoms with E-state index in [1.54, 1.807) is 50.2 Å². The van der Waals surface area contributed by atoms with Crippen molar-refractivity contribution in [1.29, 1.82) is 0 Å². The molecule has 0 bridgehead atoms. The summed E-state index contributed by atoms with van der Waals surface area (Å²) in [4.78, 5) is 8.46. The summed E-state index contributed by atoms with van der Waals surface area (Å²) >= 11 is 13.8. The van der Waals surface area contributed by atoms with Gasteiger partial charge in [0.25, 0.3) is 10.0 Å². The summed E-state index contributed by atoms with van der Waals surface area (Å²) in [5.41, 5.74) is 2.67. The number of nitrogens with zero attached hydrogens (tertiary/aromatic N) is 3. The fraction of sp³-hybridized carbons (Fsp3) is 0.217. The Kier molecular flexibility index (Phi) is 8.53. The lowest BCUT2D eigenvalue weighted by Gasteiger charge is -2.08. The van der Waals surface area contributed by atoms with E-state index in [1.807, 2.05) is 48.6 Å². The molecule has 0 saturated heterocycles. The lowest BCUT2D eigenvalue weighted by Crippen LogP contribution is -2.13. The number of fused-ring (bicyclic) bond motifs is 1. The third-order valence-corrected chi connectivity index (χ3v) is 10.1. The van der Waals surface area contributed by atoms with Crippen molar-refractivity contribution in [3.05, 3.63) is 79.9 Å². The van der Waals surface area contributed by atoms with Crippen LogP contribution in [-0.4, -0.2) is 36.0 Å². The van der Waals surface area contributed by atoms with Crippen LogP contribution in [0.15, 0.2) is 64.5 Å². The van der Waals surface area contributed by atoms with Crippen LogP contribution in [0.3, 0.4) is 0 Å². The van der Waals surface area contributed by atoms with Gasteiger partial charge in [-0.1, -0.05) is 47.0 Å². The van der Waals surface area contributed by atoms with Gasteiger partial charge in [0, 0.05) is 6.20 Å². The molecule has 4 aromatic rings. The lowest BCUT2D eigenvalue weighted by molar-refractivity contribution is 0.586. The highest BCUT2D eigenvalue weighted by Crippen LogP contribution is 2.30. The van der Waals surface area contributed by atoms with Crippen LogP contribution in [0.1, 0.15) is 25.0 Å². The molecule has 0 aliphatic carbocycles. The minimum atomic E-state index is -3.79. The fourth-order valence-corrected chi connectivity index (χ4v) is 6.80. The van der Waals surface area contributed by atoms with E-state index in [0.29, 0.717) is 14.0 Å². The lowest BCUT2D eigenvalue weighted by atomic mass is 10.2. The van der Waals surface area contributed by atoms with Crippen molar-refractivity contribution in [3.63, 3.8) is 0 Å². The van der Waals surface area contributed by atoms with E-state index in [1.165, 1.54) is 6.20 Å². The minimum absolute atomic E-state index is 0.00592. The van der Waals surface area contributed by atoms with Gasteiger partial charge >= 0.3 is 0 Å². The SMILES string of the molecule is Cc1ccc(S(=O)(=O)C(C)C)cc1.Cc1ccc(S(=O)(=O)n2cc(I)c3nc(Cl)nc(Cl)c32)cc1. The van der Waals surface area contributed by atoms with Gasteiger partial charge in [0.15, 0.2) is 15.0 Å². The number of hydrogen-bond donors (Lipinski definition) is 0. The first-order valence-electron chi connectivity index (χ1n) is 10.3. The standard InChI is InChI=1S/C13H8Cl2IN3O2S.C10H14O2S/c1-7-2-4-8(5-3-7)22(20,21)19-6-9(16)10-11(19)12(14)18-13(15)17-10;1-8(2)13(11,12)10-6-4-9(3)5-7-10/h2-6H,1H3;4-8H,1-3H3. The molecule has 0 amide bonds. The highest BCUT2D eigenvalue weighted by atomic mass is 127. The van der Waals surface area contributed by atoms with Crippen LogP contribution in [0.5, 0.6) is 0 Å². The molecule has 2 aromatic heterocycles. The fourth-order valence-electron chi connectivity index (χ4n) is 3.01. The number of aromatic nitrogens is 3. The summed E-state index contributed by atoms with van der Waals surface area (Å²) in [6.45, 7) is 7.20. The number of benzene rings is 2. The Labute approximate surface area is 228 Å². The van der Waals surface area contributed by atoms with Crippen molar-refractivity contribution in [2.75, 3.05) is 0 Å². The predicted octanol–water partition coefficient (Wildman–Crippen LogP) is 6.07. The molecule has 0 N–H and O–H groups in total. The average Bonchev–Trinajstić information content (AvgIpc) is 3.12. The molecule has 2 aromatic carbocycles. The predicted molar refractivity (Wildman–Crippen MR) is 148 cm³/mol. The second-order valence-corrected chi connectivity index (χ2v) is 14.2. The second kappa shape index (κ2) is 10.7. The monoisotopic (exact) mass is 665 g/mol. The molecule has 0 spiro atoms. The zero-order valence-corrected chi connectivity index (χ0v) is 24.5. The Morgan fingerprint density at radius 1 is 0.829 bits per heavy atom. The first kappa shape index (κ1) is 27.9. The Morgan fingerprint density at radius 3 is 1.80 bits per heavy atom. The summed E-state index contributed by atoms with van der Waals surface area (Å²) in [5.74, 6) is 0. The van der Waals surface area contributed by atoms with E-state index >= 15 is 0 Å². The molecule has 7 nitrogen and oxygen atoms in total. The molecule has 0 saturated carbocycles. The van der Waals surface area contributed by atoms with E-state index in [2.05, 4.69) is 9.97 Å². The molecule has 0 unspecified atom stereocenters. The number of sulfone groups is 1. The zero-order valence-electron chi connectivity index (χ0n) is 19.2. The normalized spacial score (nSPS) is 12.0. The first-order chi connectivity index (χ1) is 16.2. The first-order valence-corrected chi connectivity index (χ1v) is 15.1. The van der Waals surface area contributed by atoms with Crippen LogP contribution >= 0.6 is 45.8 Å². The van der Waals surface area contributed by atoms with Crippen LogP contribution in [0.4, 0.5) is 0 Å². The molecule has 0 atom stereocenters. The van der Waals surface area contributed by atoms with Gasteiger partial charge in [-0.15, -0.1) is 0 Å². The number of rotatable bonds is 4. The smallest absolute Gasteiger partial charge is 0.235 e.